The van der Waals surface area contributed by atoms with Gasteiger partial charge in [0.25, 0.3) is 5.91 Å². The average molecular weight is 628 g/mol. The van der Waals surface area contributed by atoms with Crippen LogP contribution in [0.5, 0.6) is 11.5 Å². The van der Waals surface area contributed by atoms with Gasteiger partial charge in [-0.05, 0) is 75.9 Å². The Kier molecular flexibility index (Phi) is 9.90. The van der Waals surface area contributed by atoms with Gasteiger partial charge in [0.1, 0.15) is 6.61 Å². The number of nitrogens with one attached hydrogen (secondary N) is 1. The van der Waals surface area contributed by atoms with Crippen LogP contribution in [0.4, 0.5) is 5.69 Å². The van der Waals surface area contributed by atoms with Crippen LogP contribution in [0.15, 0.2) is 101 Å². The minimum absolute atomic E-state index is 0.265. The molecule has 4 aromatic carbocycles. The number of benzene rings is 4. The van der Waals surface area contributed by atoms with Gasteiger partial charge in [-0.3, -0.25) is 9.69 Å². The molecule has 1 heterocycles. The maximum atomic E-state index is 12.7. The number of carbonyl (C=O) groups is 1. The van der Waals surface area contributed by atoms with E-state index in [-0.39, 0.29) is 5.91 Å². The number of aryl methyl sites for hydroxylation is 1. The van der Waals surface area contributed by atoms with Crippen LogP contribution in [0, 0.1) is 6.92 Å². The predicted octanol–water partition coefficient (Wildman–Crippen LogP) is 6.43. The molecule has 1 aliphatic heterocycles. The number of anilines is 1. The van der Waals surface area contributed by atoms with Gasteiger partial charge in [-0.25, -0.2) is 5.43 Å². The van der Waals surface area contributed by atoms with E-state index in [1.54, 1.807) is 13.3 Å². The number of methoxy groups -OCH3 is 1. The number of rotatable bonds is 10. The quantitative estimate of drug-likeness (QED) is 0.162. The molecule has 0 saturated carbocycles. The van der Waals surface area contributed by atoms with E-state index in [9.17, 15) is 4.79 Å². The van der Waals surface area contributed by atoms with Crippen LogP contribution < -0.4 is 19.8 Å². The third-order valence-electron chi connectivity index (χ3n) is 7.25. The second kappa shape index (κ2) is 14.2. The maximum absolute atomic E-state index is 12.7. The van der Waals surface area contributed by atoms with Crippen molar-refractivity contribution in [2.45, 2.75) is 20.1 Å². The molecule has 1 fully saturated rings. The number of hydrazone groups is 1. The average Bonchev–Trinajstić information content (AvgIpc) is 3.02. The summed E-state index contributed by atoms with van der Waals surface area (Å²) in [5, 5.41) is 4.16. The minimum Gasteiger partial charge on any atom is -0.493 e. The van der Waals surface area contributed by atoms with Gasteiger partial charge >= 0.3 is 0 Å². The lowest BCUT2D eigenvalue weighted by Gasteiger charge is -2.36. The molecule has 1 aliphatic rings. The van der Waals surface area contributed by atoms with Gasteiger partial charge in [0.05, 0.1) is 17.8 Å². The second-order valence-electron chi connectivity index (χ2n) is 10.3. The van der Waals surface area contributed by atoms with Crippen molar-refractivity contribution < 1.29 is 14.3 Å². The third kappa shape index (κ3) is 7.78. The zero-order valence-corrected chi connectivity index (χ0v) is 25.5. The molecule has 8 heteroatoms. The van der Waals surface area contributed by atoms with Crippen molar-refractivity contribution in [2.24, 2.45) is 5.10 Å². The van der Waals surface area contributed by atoms with E-state index in [4.69, 9.17) is 9.47 Å². The summed E-state index contributed by atoms with van der Waals surface area (Å²) in [4.78, 5) is 17.6. The van der Waals surface area contributed by atoms with Crippen molar-refractivity contribution in [2.75, 3.05) is 38.2 Å². The number of ether oxygens (including phenoxy) is 2. The van der Waals surface area contributed by atoms with Crippen LogP contribution in [0.3, 0.4) is 0 Å². The van der Waals surface area contributed by atoms with Gasteiger partial charge in [0.15, 0.2) is 11.5 Å². The zero-order chi connectivity index (χ0) is 29.3. The number of amides is 1. The topological polar surface area (TPSA) is 66.4 Å². The normalized spacial score (nSPS) is 13.7. The van der Waals surface area contributed by atoms with E-state index >= 15 is 0 Å². The van der Waals surface area contributed by atoms with E-state index in [0.29, 0.717) is 23.7 Å². The highest BCUT2D eigenvalue weighted by molar-refractivity contribution is 9.10. The van der Waals surface area contributed by atoms with E-state index in [1.165, 1.54) is 16.8 Å². The summed E-state index contributed by atoms with van der Waals surface area (Å²) in [6, 6.07) is 30.2. The number of nitrogens with zero attached hydrogens (tertiary/aromatic N) is 3. The van der Waals surface area contributed by atoms with Gasteiger partial charge in [-0.15, -0.1) is 0 Å². The highest BCUT2D eigenvalue weighted by Gasteiger charge is 2.17. The van der Waals surface area contributed by atoms with E-state index in [0.717, 1.165) is 48.3 Å². The summed E-state index contributed by atoms with van der Waals surface area (Å²) < 4.78 is 12.3. The van der Waals surface area contributed by atoms with Crippen LogP contribution in [0.2, 0.25) is 0 Å². The van der Waals surface area contributed by atoms with Crippen molar-refractivity contribution in [1.82, 2.24) is 10.3 Å². The Bertz CT molecular complexity index is 1500. The number of para-hydroxylation sites is 1. The van der Waals surface area contributed by atoms with Gasteiger partial charge in [-0.1, -0.05) is 60.2 Å². The second-order valence-corrected chi connectivity index (χ2v) is 11.2. The van der Waals surface area contributed by atoms with Gasteiger partial charge in [0, 0.05) is 44.0 Å². The molecule has 0 bridgehead atoms. The molecule has 42 heavy (non-hydrogen) atoms. The Morgan fingerprint density at radius 1 is 0.929 bits per heavy atom. The third-order valence-corrected chi connectivity index (χ3v) is 7.84. The van der Waals surface area contributed by atoms with Crippen molar-refractivity contribution >= 4 is 33.7 Å². The smallest absolute Gasteiger partial charge is 0.271 e. The molecular weight excluding hydrogens is 592 g/mol. The Morgan fingerprint density at radius 3 is 2.31 bits per heavy atom. The molecule has 0 unspecified atom stereocenters. The predicted molar refractivity (Wildman–Crippen MR) is 172 cm³/mol. The lowest BCUT2D eigenvalue weighted by atomic mass is 10.1. The Labute approximate surface area is 255 Å². The van der Waals surface area contributed by atoms with Crippen molar-refractivity contribution in [3.8, 4) is 11.5 Å². The highest BCUT2D eigenvalue weighted by atomic mass is 79.9. The Hall–Kier alpha value is -4.14. The van der Waals surface area contributed by atoms with Crippen LogP contribution in [-0.4, -0.2) is 50.3 Å². The van der Waals surface area contributed by atoms with Crippen LogP contribution in [0.25, 0.3) is 0 Å². The summed E-state index contributed by atoms with van der Waals surface area (Å²) in [7, 11) is 1.59. The first-order valence-electron chi connectivity index (χ1n) is 14.0. The number of piperazine rings is 1. The molecular formula is C34H35BrN4O3. The van der Waals surface area contributed by atoms with Crippen molar-refractivity contribution in [3.05, 3.63) is 123 Å². The molecule has 5 rings (SSSR count). The SMILES string of the molecule is COc1cc(/C=N\NC(=O)c2ccc(CN3CCN(c4ccccc4)CC3)cc2)cc(Br)c1OCc1ccc(C)cc1. The summed E-state index contributed by atoms with van der Waals surface area (Å²) >= 11 is 3.58. The first-order valence-corrected chi connectivity index (χ1v) is 14.8. The van der Waals surface area contributed by atoms with Crippen molar-refractivity contribution in [1.29, 1.82) is 0 Å². The minimum atomic E-state index is -0.265. The first-order chi connectivity index (χ1) is 20.5. The molecule has 0 aromatic heterocycles. The molecule has 1 saturated heterocycles. The number of hydrogen-bond acceptors (Lipinski definition) is 6. The number of carbonyl (C=O) groups excluding carboxylic acids is 1. The van der Waals surface area contributed by atoms with Gasteiger partial charge in [0.2, 0.25) is 0 Å². The highest BCUT2D eigenvalue weighted by Crippen LogP contribution is 2.37. The van der Waals surface area contributed by atoms with Crippen LogP contribution >= 0.6 is 15.9 Å². The van der Waals surface area contributed by atoms with Crippen LogP contribution in [0.1, 0.15) is 32.6 Å². The molecule has 216 valence electrons. The van der Waals surface area contributed by atoms with Crippen molar-refractivity contribution in [3.63, 3.8) is 0 Å². The molecule has 0 aliphatic carbocycles. The van der Waals surface area contributed by atoms with E-state index in [2.05, 4.69) is 85.6 Å². The zero-order valence-electron chi connectivity index (χ0n) is 23.9. The molecule has 0 radical (unpaired) electrons. The van der Waals surface area contributed by atoms with Gasteiger partial charge < -0.3 is 14.4 Å². The fourth-order valence-corrected chi connectivity index (χ4v) is 5.42. The lowest BCUT2D eigenvalue weighted by Crippen LogP contribution is -2.45. The first kappa shape index (κ1) is 29.4. The number of halogens is 1. The number of hydrogen-bond donors (Lipinski definition) is 1. The standard InChI is InChI=1S/C34H35BrN4O3/c1-25-8-10-27(11-9-25)24-42-33-31(35)20-28(21-32(33)41-2)22-36-37-34(40)29-14-12-26(13-15-29)23-38-16-18-39(19-17-38)30-6-4-3-5-7-30/h3-15,20-22H,16-19,23-24H2,1-2H3,(H,37,40)/b36-22-. The summed E-state index contributed by atoms with van der Waals surface area (Å²) in [6.07, 6.45) is 1.58. The largest absolute Gasteiger partial charge is 0.493 e. The lowest BCUT2D eigenvalue weighted by molar-refractivity contribution is 0.0955. The maximum Gasteiger partial charge on any atom is 0.271 e. The van der Waals surface area contributed by atoms with Gasteiger partial charge in [-0.2, -0.15) is 5.10 Å². The molecule has 0 atom stereocenters. The molecule has 7 nitrogen and oxygen atoms in total. The fraction of sp³-hybridized carbons (Fsp3) is 0.235. The van der Waals surface area contributed by atoms with Crippen LogP contribution in [-0.2, 0) is 13.2 Å². The van der Waals surface area contributed by atoms with E-state index < -0.39 is 0 Å². The van der Waals surface area contributed by atoms with E-state index in [1.807, 2.05) is 48.5 Å². The Morgan fingerprint density at radius 2 is 1.62 bits per heavy atom. The molecule has 4 aromatic rings. The molecule has 0 spiro atoms. The summed E-state index contributed by atoms with van der Waals surface area (Å²) in [5.74, 6) is 0.914. The summed E-state index contributed by atoms with van der Waals surface area (Å²) in [5.41, 5.74) is 8.67. The Balaban J connectivity index is 1.11. The summed E-state index contributed by atoms with van der Waals surface area (Å²) in [6.45, 7) is 7.37. The monoisotopic (exact) mass is 626 g/mol. The molecule has 1 N–H and O–H groups in total. The molecule has 1 amide bonds. The fourth-order valence-electron chi connectivity index (χ4n) is 4.85.